The largest absolute Gasteiger partial charge is 0.416 e. The topological polar surface area (TPSA) is 88.4 Å². The molecule has 0 fully saturated rings. The van der Waals surface area contributed by atoms with Crippen molar-refractivity contribution < 1.29 is 22.8 Å². The van der Waals surface area contributed by atoms with E-state index in [2.05, 4.69) is 20.6 Å². The van der Waals surface area contributed by atoms with E-state index in [4.69, 9.17) is 0 Å². The zero-order valence-corrected chi connectivity index (χ0v) is 14.7. The molecule has 1 atom stereocenters. The van der Waals surface area contributed by atoms with E-state index in [0.717, 1.165) is 12.3 Å². The molecule has 3 rings (SSSR count). The zero-order chi connectivity index (χ0) is 20.3. The molecule has 10 heteroatoms. The second-order valence-electron chi connectivity index (χ2n) is 6.08. The number of aromatic nitrogens is 3. The number of alkyl halides is 3. The Bertz CT molecular complexity index is 1020. The van der Waals surface area contributed by atoms with Crippen LogP contribution in [0.15, 0.2) is 48.9 Å². The number of carbonyl (C=O) groups excluding carboxylic acids is 2. The maximum absolute atomic E-state index is 12.7. The Morgan fingerprint density at radius 2 is 1.96 bits per heavy atom. The monoisotopic (exact) mass is 391 g/mol. The lowest BCUT2D eigenvalue weighted by Gasteiger charge is -2.15. The Kier molecular flexibility index (Phi) is 5.30. The Balaban J connectivity index is 1.59. The van der Waals surface area contributed by atoms with Gasteiger partial charge in [0, 0.05) is 25.0 Å². The first-order chi connectivity index (χ1) is 13.3. The standard InChI is InChI=1S/C18H16F3N5O2/c1-11(25-17(28)14-10-23-15-4-2-3-7-26(14)15)9-24-16(27)13-8-12(5-6-22-13)18(19,20)21/h2-8,10-11H,9H2,1H3,(H,24,27)(H,25,28). The van der Waals surface area contributed by atoms with Gasteiger partial charge in [-0.15, -0.1) is 0 Å². The maximum Gasteiger partial charge on any atom is 0.416 e. The van der Waals surface area contributed by atoms with Crippen LogP contribution in [0.1, 0.15) is 33.5 Å². The Morgan fingerprint density at radius 1 is 1.18 bits per heavy atom. The van der Waals surface area contributed by atoms with Crippen LogP contribution in [0.2, 0.25) is 0 Å². The number of pyridine rings is 2. The van der Waals surface area contributed by atoms with E-state index in [0.29, 0.717) is 17.4 Å². The molecule has 0 aliphatic rings. The van der Waals surface area contributed by atoms with Crippen molar-refractivity contribution in [2.45, 2.75) is 19.1 Å². The van der Waals surface area contributed by atoms with Crippen molar-refractivity contribution in [2.75, 3.05) is 6.54 Å². The van der Waals surface area contributed by atoms with Crippen LogP contribution >= 0.6 is 0 Å². The summed E-state index contributed by atoms with van der Waals surface area (Å²) in [6.45, 7) is 1.67. The SMILES string of the molecule is CC(CNC(=O)c1cc(C(F)(F)F)ccn1)NC(=O)c1cnc2ccccn12. The summed E-state index contributed by atoms with van der Waals surface area (Å²) in [7, 11) is 0. The van der Waals surface area contributed by atoms with E-state index >= 15 is 0 Å². The first-order valence-electron chi connectivity index (χ1n) is 8.30. The highest BCUT2D eigenvalue weighted by molar-refractivity contribution is 5.94. The number of halogens is 3. The molecular formula is C18H16F3N5O2. The van der Waals surface area contributed by atoms with Crippen molar-refractivity contribution in [1.29, 1.82) is 0 Å². The van der Waals surface area contributed by atoms with Gasteiger partial charge >= 0.3 is 6.18 Å². The summed E-state index contributed by atoms with van der Waals surface area (Å²) in [5, 5.41) is 5.16. The maximum atomic E-state index is 12.7. The van der Waals surface area contributed by atoms with E-state index in [1.165, 1.54) is 6.20 Å². The third kappa shape index (κ3) is 4.27. The molecule has 0 aliphatic heterocycles. The summed E-state index contributed by atoms with van der Waals surface area (Å²) in [6, 6.07) is 6.30. The number of nitrogens with one attached hydrogen (secondary N) is 2. The van der Waals surface area contributed by atoms with E-state index in [1.54, 1.807) is 35.7 Å². The number of amides is 2. The van der Waals surface area contributed by atoms with Crippen LogP contribution in [0, 0.1) is 0 Å². The smallest absolute Gasteiger partial charge is 0.349 e. The molecule has 0 saturated carbocycles. The van der Waals surface area contributed by atoms with Gasteiger partial charge in [0.1, 0.15) is 17.0 Å². The number of rotatable bonds is 5. The van der Waals surface area contributed by atoms with Crippen molar-refractivity contribution in [3.63, 3.8) is 0 Å². The van der Waals surface area contributed by atoms with Crippen molar-refractivity contribution in [1.82, 2.24) is 25.0 Å². The summed E-state index contributed by atoms with van der Waals surface area (Å²) >= 11 is 0. The van der Waals surface area contributed by atoms with Gasteiger partial charge in [-0.2, -0.15) is 13.2 Å². The van der Waals surface area contributed by atoms with Crippen molar-refractivity contribution in [2.24, 2.45) is 0 Å². The molecule has 1 unspecified atom stereocenters. The third-order valence-electron chi connectivity index (χ3n) is 3.92. The van der Waals surface area contributed by atoms with Gasteiger partial charge in [0.15, 0.2) is 0 Å². The number of carbonyl (C=O) groups is 2. The fourth-order valence-electron chi connectivity index (χ4n) is 2.52. The van der Waals surface area contributed by atoms with Crippen LogP contribution in [-0.2, 0) is 6.18 Å². The van der Waals surface area contributed by atoms with Crippen molar-refractivity contribution in [3.05, 3.63) is 65.9 Å². The molecule has 0 spiro atoms. The van der Waals surface area contributed by atoms with Crippen molar-refractivity contribution >= 4 is 17.5 Å². The van der Waals surface area contributed by atoms with E-state index in [1.807, 2.05) is 0 Å². The van der Waals surface area contributed by atoms with Gasteiger partial charge in [0.25, 0.3) is 11.8 Å². The first-order valence-corrected chi connectivity index (χ1v) is 8.30. The van der Waals surface area contributed by atoms with Crippen molar-refractivity contribution in [3.8, 4) is 0 Å². The van der Waals surface area contributed by atoms with Crippen LogP contribution in [-0.4, -0.2) is 38.8 Å². The van der Waals surface area contributed by atoms with Crippen LogP contribution in [0.3, 0.4) is 0 Å². The van der Waals surface area contributed by atoms with Gasteiger partial charge in [-0.3, -0.25) is 19.0 Å². The lowest BCUT2D eigenvalue weighted by molar-refractivity contribution is -0.137. The summed E-state index contributed by atoms with van der Waals surface area (Å²) in [6.07, 6.45) is -0.507. The number of imidazole rings is 1. The number of fused-ring (bicyclic) bond motifs is 1. The normalized spacial score (nSPS) is 12.6. The van der Waals surface area contributed by atoms with Crippen LogP contribution in [0.5, 0.6) is 0 Å². The first kappa shape index (κ1) is 19.3. The molecule has 7 nitrogen and oxygen atoms in total. The predicted octanol–water partition coefficient (Wildman–Crippen LogP) is 2.30. The Morgan fingerprint density at radius 3 is 2.71 bits per heavy atom. The highest BCUT2D eigenvalue weighted by atomic mass is 19.4. The van der Waals surface area contributed by atoms with Gasteiger partial charge in [0.05, 0.1) is 11.8 Å². The van der Waals surface area contributed by atoms with Gasteiger partial charge in [-0.05, 0) is 31.2 Å². The molecule has 0 aromatic carbocycles. The molecule has 0 aliphatic carbocycles. The second-order valence-corrected chi connectivity index (χ2v) is 6.08. The molecule has 3 aromatic heterocycles. The molecule has 2 N–H and O–H groups in total. The molecule has 28 heavy (non-hydrogen) atoms. The number of hydrogen-bond acceptors (Lipinski definition) is 4. The highest BCUT2D eigenvalue weighted by Gasteiger charge is 2.31. The quantitative estimate of drug-likeness (QED) is 0.699. The molecule has 0 radical (unpaired) electrons. The lowest BCUT2D eigenvalue weighted by Crippen LogP contribution is -2.42. The minimum absolute atomic E-state index is 0.0131. The fourth-order valence-corrected chi connectivity index (χ4v) is 2.52. The summed E-state index contributed by atoms with van der Waals surface area (Å²) in [4.78, 5) is 32.2. The van der Waals surface area contributed by atoms with Gasteiger partial charge < -0.3 is 10.6 Å². The third-order valence-corrected chi connectivity index (χ3v) is 3.92. The minimum Gasteiger partial charge on any atom is -0.349 e. The van der Waals surface area contributed by atoms with Crippen LogP contribution < -0.4 is 10.6 Å². The lowest BCUT2D eigenvalue weighted by atomic mass is 10.2. The van der Waals surface area contributed by atoms with Gasteiger partial charge in [-0.1, -0.05) is 6.07 Å². The average molecular weight is 391 g/mol. The number of hydrogen-bond donors (Lipinski definition) is 2. The molecule has 146 valence electrons. The molecule has 3 heterocycles. The van der Waals surface area contributed by atoms with E-state index in [9.17, 15) is 22.8 Å². The molecule has 0 saturated heterocycles. The second kappa shape index (κ2) is 7.67. The fraction of sp³-hybridized carbons (Fsp3) is 0.222. The molecule has 3 aromatic rings. The summed E-state index contributed by atoms with van der Waals surface area (Å²) < 4.78 is 39.8. The molecular weight excluding hydrogens is 375 g/mol. The Hall–Kier alpha value is -3.43. The highest BCUT2D eigenvalue weighted by Crippen LogP contribution is 2.28. The Labute approximate surface area is 157 Å². The van der Waals surface area contributed by atoms with Gasteiger partial charge in [-0.25, -0.2) is 4.98 Å². The number of nitrogens with zero attached hydrogens (tertiary/aromatic N) is 3. The van der Waals surface area contributed by atoms with E-state index < -0.39 is 29.6 Å². The minimum atomic E-state index is -4.56. The average Bonchev–Trinajstić information content (AvgIpc) is 3.10. The predicted molar refractivity (Wildman–Crippen MR) is 93.7 cm³/mol. The molecule has 2 amide bonds. The molecule has 0 bridgehead atoms. The van der Waals surface area contributed by atoms with E-state index in [-0.39, 0.29) is 12.2 Å². The van der Waals surface area contributed by atoms with Crippen LogP contribution in [0.4, 0.5) is 13.2 Å². The summed E-state index contributed by atoms with van der Waals surface area (Å²) in [5.41, 5.74) is -0.366. The summed E-state index contributed by atoms with van der Waals surface area (Å²) in [5.74, 6) is -1.15. The zero-order valence-electron chi connectivity index (χ0n) is 14.7. The van der Waals surface area contributed by atoms with Gasteiger partial charge in [0.2, 0.25) is 0 Å². The van der Waals surface area contributed by atoms with Crippen LogP contribution in [0.25, 0.3) is 5.65 Å².